The first-order valence-corrected chi connectivity index (χ1v) is 8.20. The third-order valence-corrected chi connectivity index (χ3v) is 4.23. The van der Waals surface area contributed by atoms with Gasteiger partial charge in [0.15, 0.2) is 0 Å². The number of thiophene rings is 1. The Morgan fingerprint density at radius 1 is 1.24 bits per heavy atom. The number of unbranched alkanes of at least 4 members (excludes halogenated alkanes) is 1. The van der Waals surface area contributed by atoms with Crippen molar-refractivity contribution < 1.29 is 4.79 Å². The molecule has 1 amide bonds. The van der Waals surface area contributed by atoms with Crippen LogP contribution >= 0.6 is 11.3 Å². The molecule has 1 N–H and O–H groups in total. The van der Waals surface area contributed by atoms with Crippen LogP contribution in [0.1, 0.15) is 24.6 Å². The molecule has 3 nitrogen and oxygen atoms in total. The van der Waals surface area contributed by atoms with Crippen LogP contribution in [0.3, 0.4) is 0 Å². The van der Waals surface area contributed by atoms with Crippen molar-refractivity contribution in [3.05, 3.63) is 46.7 Å². The number of anilines is 2. The van der Waals surface area contributed by atoms with Crippen molar-refractivity contribution in [2.45, 2.75) is 26.2 Å². The fraction of sp³-hybridized carbons (Fsp3) is 0.353. The SMILES string of the molecule is CCCCN(C)c1ccc(NC(=O)Cc2cccs2)cc1. The fourth-order valence-electron chi connectivity index (χ4n) is 2.10. The van der Waals surface area contributed by atoms with Crippen LogP contribution in [-0.2, 0) is 11.2 Å². The Balaban J connectivity index is 1.88. The van der Waals surface area contributed by atoms with Crippen molar-refractivity contribution in [3.8, 4) is 0 Å². The summed E-state index contributed by atoms with van der Waals surface area (Å²) in [5, 5.41) is 4.93. The molecule has 0 saturated carbocycles. The highest BCUT2D eigenvalue weighted by atomic mass is 32.1. The summed E-state index contributed by atoms with van der Waals surface area (Å²) in [7, 11) is 2.10. The summed E-state index contributed by atoms with van der Waals surface area (Å²) >= 11 is 1.61. The summed E-state index contributed by atoms with van der Waals surface area (Å²) in [6, 6.07) is 12.0. The van der Waals surface area contributed by atoms with E-state index < -0.39 is 0 Å². The van der Waals surface area contributed by atoms with E-state index in [1.807, 2.05) is 29.6 Å². The van der Waals surface area contributed by atoms with Gasteiger partial charge in [0.1, 0.15) is 0 Å². The second-order valence-electron chi connectivity index (χ2n) is 5.13. The lowest BCUT2D eigenvalue weighted by Gasteiger charge is -2.19. The second kappa shape index (κ2) is 7.84. The van der Waals surface area contributed by atoms with Crippen LogP contribution < -0.4 is 10.2 Å². The van der Waals surface area contributed by atoms with Gasteiger partial charge in [-0.2, -0.15) is 0 Å². The summed E-state index contributed by atoms with van der Waals surface area (Å²) in [5.41, 5.74) is 2.03. The Bertz CT molecular complexity index is 549. The Kier molecular flexibility index (Phi) is 5.81. The fourth-order valence-corrected chi connectivity index (χ4v) is 2.80. The standard InChI is InChI=1S/C17H22N2OS/c1-3-4-11-19(2)15-9-7-14(8-10-15)18-17(20)13-16-6-5-12-21-16/h5-10,12H,3-4,11,13H2,1-2H3,(H,18,20). The topological polar surface area (TPSA) is 32.3 Å². The van der Waals surface area contributed by atoms with Gasteiger partial charge in [-0.15, -0.1) is 11.3 Å². The van der Waals surface area contributed by atoms with E-state index in [1.165, 1.54) is 18.5 Å². The van der Waals surface area contributed by atoms with Crippen molar-refractivity contribution in [2.24, 2.45) is 0 Å². The second-order valence-corrected chi connectivity index (χ2v) is 6.16. The maximum absolute atomic E-state index is 11.9. The van der Waals surface area contributed by atoms with Crippen LogP contribution in [0.15, 0.2) is 41.8 Å². The van der Waals surface area contributed by atoms with Crippen LogP contribution in [0.25, 0.3) is 0 Å². The average molecular weight is 302 g/mol. The van der Waals surface area contributed by atoms with Crippen LogP contribution in [0.5, 0.6) is 0 Å². The van der Waals surface area contributed by atoms with E-state index in [9.17, 15) is 4.79 Å². The minimum atomic E-state index is 0.0320. The highest BCUT2D eigenvalue weighted by molar-refractivity contribution is 7.10. The van der Waals surface area contributed by atoms with Crippen molar-refractivity contribution in [1.82, 2.24) is 0 Å². The summed E-state index contributed by atoms with van der Waals surface area (Å²) in [5.74, 6) is 0.0320. The smallest absolute Gasteiger partial charge is 0.229 e. The van der Waals surface area contributed by atoms with Gasteiger partial charge in [0.2, 0.25) is 5.91 Å². The van der Waals surface area contributed by atoms with E-state index >= 15 is 0 Å². The molecule has 21 heavy (non-hydrogen) atoms. The van der Waals surface area contributed by atoms with Gasteiger partial charge >= 0.3 is 0 Å². The average Bonchev–Trinajstić information content (AvgIpc) is 2.98. The number of amides is 1. The third kappa shape index (κ3) is 4.90. The Labute approximate surface area is 130 Å². The first-order valence-electron chi connectivity index (χ1n) is 7.32. The van der Waals surface area contributed by atoms with Crippen molar-refractivity contribution in [2.75, 3.05) is 23.8 Å². The van der Waals surface area contributed by atoms with Crippen LogP contribution in [0.4, 0.5) is 11.4 Å². The van der Waals surface area contributed by atoms with Gasteiger partial charge in [-0.1, -0.05) is 19.4 Å². The van der Waals surface area contributed by atoms with Crippen molar-refractivity contribution in [3.63, 3.8) is 0 Å². The molecular formula is C17H22N2OS. The predicted molar refractivity (Wildman–Crippen MR) is 91.3 cm³/mol. The molecule has 0 radical (unpaired) electrons. The quantitative estimate of drug-likeness (QED) is 0.832. The molecule has 0 unspecified atom stereocenters. The van der Waals surface area contributed by atoms with Crippen LogP contribution in [-0.4, -0.2) is 19.5 Å². The molecule has 0 bridgehead atoms. The van der Waals surface area contributed by atoms with E-state index in [2.05, 4.69) is 36.3 Å². The molecule has 2 aromatic rings. The molecule has 1 heterocycles. The number of rotatable bonds is 7. The molecule has 0 aliphatic carbocycles. The van der Waals surface area contributed by atoms with Crippen molar-refractivity contribution >= 4 is 28.6 Å². The molecule has 0 aliphatic rings. The first kappa shape index (κ1) is 15.6. The largest absolute Gasteiger partial charge is 0.375 e. The van der Waals surface area contributed by atoms with Crippen LogP contribution in [0.2, 0.25) is 0 Å². The van der Waals surface area contributed by atoms with E-state index in [-0.39, 0.29) is 5.91 Å². The molecule has 4 heteroatoms. The Hall–Kier alpha value is -1.81. The number of hydrogen-bond donors (Lipinski definition) is 1. The van der Waals surface area contributed by atoms with E-state index in [4.69, 9.17) is 0 Å². The Morgan fingerprint density at radius 3 is 2.62 bits per heavy atom. The van der Waals surface area contributed by atoms with E-state index in [1.54, 1.807) is 11.3 Å². The normalized spacial score (nSPS) is 10.4. The van der Waals surface area contributed by atoms with Gasteiger partial charge in [-0.3, -0.25) is 4.79 Å². The third-order valence-electron chi connectivity index (χ3n) is 3.35. The lowest BCUT2D eigenvalue weighted by atomic mass is 10.2. The summed E-state index contributed by atoms with van der Waals surface area (Å²) in [6.45, 7) is 3.25. The maximum atomic E-state index is 11.9. The molecule has 0 saturated heterocycles. The molecule has 0 spiro atoms. The highest BCUT2D eigenvalue weighted by Crippen LogP contribution is 2.18. The molecule has 1 aromatic heterocycles. The van der Waals surface area contributed by atoms with Gasteiger partial charge in [0.25, 0.3) is 0 Å². The number of carbonyl (C=O) groups excluding carboxylic acids is 1. The van der Waals surface area contributed by atoms with Gasteiger partial charge in [-0.05, 0) is 42.1 Å². The summed E-state index contributed by atoms with van der Waals surface area (Å²) in [4.78, 5) is 15.2. The zero-order valence-electron chi connectivity index (χ0n) is 12.6. The van der Waals surface area contributed by atoms with Gasteiger partial charge < -0.3 is 10.2 Å². The molecular weight excluding hydrogens is 280 g/mol. The summed E-state index contributed by atoms with van der Waals surface area (Å²) < 4.78 is 0. The van der Waals surface area contributed by atoms with Crippen LogP contribution in [0, 0.1) is 0 Å². The zero-order valence-corrected chi connectivity index (χ0v) is 13.5. The van der Waals surface area contributed by atoms with E-state index in [0.29, 0.717) is 6.42 Å². The highest BCUT2D eigenvalue weighted by Gasteiger charge is 2.05. The van der Waals surface area contributed by atoms with Crippen molar-refractivity contribution in [1.29, 1.82) is 0 Å². The zero-order chi connectivity index (χ0) is 15.1. The van der Waals surface area contributed by atoms with E-state index in [0.717, 1.165) is 17.1 Å². The predicted octanol–water partition coefficient (Wildman–Crippen LogP) is 4.17. The molecule has 1 aromatic carbocycles. The Morgan fingerprint density at radius 2 is 2.00 bits per heavy atom. The maximum Gasteiger partial charge on any atom is 0.229 e. The van der Waals surface area contributed by atoms with Gasteiger partial charge in [0, 0.05) is 29.8 Å². The number of carbonyl (C=O) groups is 1. The monoisotopic (exact) mass is 302 g/mol. The number of benzene rings is 1. The summed E-state index contributed by atoms with van der Waals surface area (Å²) in [6.07, 6.45) is 2.83. The minimum absolute atomic E-state index is 0.0320. The lowest BCUT2D eigenvalue weighted by molar-refractivity contribution is -0.115. The molecule has 0 fully saturated rings. The van der Waals surface area contributed by atoms with Gasteiger partial charge in [-0.25, -0.2) is 0 Å². The number of nitrogens with zero attached hydrogens (tertiary/aromatic N) is 1. The first-order chi connectivity index (χ1) is 10.2. The molecule has 112 valence electrons. The number of hydrogen-bond acceptors (Lipinski definition) is 3. The van der Waals surface area contributed by atoms with Gasteiger partial charge in [0.05, 0.1) is 6.42 Å². The lowest BCUT2D eigenvalue weighted by Crippen LogP contribution is -2.18. The molecule has 2 rings (SSSR count). The minimum Gasteiger partial charge on any atom is -0.375 e. The molecule has 0 aliphatic heterocycles. The molecule has 0 atom stereocenters. The number of nitrogens with one attached hydrogen (secondary N) is 1.